The zero-order chi connectivity index (χ0) is 12.3. The zero-order valence-electron chi connectivity index (χ0n) is 9.70. The van der Waals surface area contributed by atoms with Crippen molar-refractivity contribution in [2.45, 2.75) is 0 Å². The Labute approximate surface area is 109 Å². The van der Waals surface area contributed by atoms with Crippen molar-refractivity contribution in [3.8, 4) is 5.75 Å². The number of hydrogen-bond acceptors (Lipinski definition) is 5. The summed E-state index contributed by atoms with van der Waals surface area (Å²) >= 11 is 3.55. The van der Waals surface area contributed by atoms with E-state index in [1.165, 1.54) is 0 Å². The van der Waals surface area contributed by atoms with Gasteiger partial charge in [-0.05, 0) is 22.0 Å². The number of methoxy groups -OCH3 is 1. The van der Waals surface area contributed by atoms with Crippen LogP contribution in [0.2, 0.25) is 0 Å². The van der Waals surface area contributed by atoms with Crippen LogP contribution in [-0.4, -0.2) is 33.4 Å². The fourth-order valence-electron chi connectivity index (χ4n) is 1.87. The molecule has 0 amide bonds. The van der Waals surface area contributed by atoms with Crippen LogP contribution in [0.5, 0.6) is 5.75 Å². The standard InChI is InChI=1S/C11H16BrN3O2/c1-16-11-7-10(8(12)6-9(11)14-13)15-2-4-17-5-3-15/h6-7,14H,2-5,13H2,1H3. The second-order valence-electron chi connectivity index (χ2n) is 3.75. The maximum absolute atomic E-state index is 5.44. The summed E-state index contributed by atoms with van der Waals surface area (Å²) in [6.45, 7) is 3.28. The molecule has 6 heteroatoms. The lowest BCUT2D eigenvalue weighted by atomic mass is 10.2. The van der Waals surface area contributed by atoms with Crippen molar-refractivity contribution in [1.82, 2.24) is 0 Å². The van der Waals surface area contributed by atoms with Crippen molar-refractivity contribution in [2.75, 3.05) is 43.7 Å². The van der Waals surface area contributed by atoms with E-state index in [0.29, 0.717) is 0 Å². The average molecular weight is 302 g/mol. The van der Waals surface area contributed by atoms with E-state index in [-0.39, 0.29) is 0 Å². The Morgan fingerprint density at radius 2 is 2.12 bits per heavy atom. The highest BCUT2D eigenvalue weighted by atomic mass is 79.9. The summed E-state index contributed by atoms with van der Waals surface area (Å²) in [5, 5.41) is 0. The molecule has 1 aliphatic rings. The third-order valence-corrected chi connectivity index (χ3v) is 3.41. The predicted molar refractivity (Wildman–Crippen MR) is 71.5 cm³/mol. The Morgan fingerprint density at radius 3 is 2.71 bits per heavy atom. The van der Waals surface area contributed by atoms with Crippen LogP contribution in [0.4, 0.5) is 11.4 Å². The normalized spacial score (nSPS) is 15.8. The lowest BCUT2D eigenvalue weighted by Crippen LogP contribution is -2.36. The van der Waals surface area contributed by atoms with Gasteiger partial charge in [-0.2, -0.15) is 0 Å². The van der Waals surface area contributed by atoms with Crippen molar-refractivity contribution < 1.29 is 9.47 Å². The van der Waals surface area contributed by atoms with Gasteiger partial charge in [-0.1, -0.05) is 0 Å². The number of nitrogens with zero attached hydrogens (tertiary/aromatic N) is 1. The summed E-state index contributed by atoms with van der Waals surface area (Å²) in [5.41, 5.74) is 4.48. The number of benzene rings is 1. The Morgan fingerprint density at radius 1 is 1.41 bits per heavy atom. The fourth-order valence-corrected chi connectivity index (χ4v) is 2.47. The number of hydrazine groups is 1. The van der Waals surface area contributed by atoms with E-state index in [9.17, 15) is 0 Å². The second-order valence-corrected chi connectivity index (χ2v) is 4.60. The molecule has 17 heavy (non-hydrogen) atoms. The predicted octanol–water partition coefficient (Wildman–Crippen LogP) is 1.58. The highest BCUT2D eigenvalue weighted by Gasteiger charge is 2.16. The maximum Gasteiger partial charge on any atom is 0.145 e. The molecule has 1 aromatic rings. The lowest BCUT2D eigenvalue weighted by molar-refractivity contribution is 0.122. The van der Waals surface area contributed by atoms with Crippen molar-refractivity contribution in [1.29, 1.82) is 0 Å². The molecular formula is C11H16BrN3O2. The van der Waals surface area contributed by atoms with Gasteiger partial charge >= 0.3 is 0 Å². The van der Waals surface area contributed by atoms with E-state index in [0.717, 1.165) is 47.9 Å². The van der Waals surface area contributed by atoms with Crippen LogP contribution in [-0.2, 0) is 4.74 Å². The molecule has 0 atom stereocenters. The summed E-state index contributed by atoms with van der Waals surface area (Å²) in [6, 6.07) is 3.90. The van der Waals surface area contributed by atoms with Gasteiger partial charge in [0.25, 0.3) is 0 Å². The van der Waals surface area contributed by atoms with E-state index < -0.39 is 0 Å². The average Bonchev–Trinajstić information content (AvgIpc) is 2.39. The molecular weight excluding hydrogens is 286 g/mol. The zero-order valence-corrected chi connectivity index (χ0v) is 11.3. The highest BCUT2D eigenvalue weighted by Crippen LogP contribution is 2.36. The van der Waals surface area contributed by atoms with Gasteiger partial charge in [0.15, 0.2) is 0 Å². The first-order valence-corrected chi connectivity index (χ1v) is 6.22. The van der Waals surface area contributed by atoms with Crippen LogP contribution >= 0.6 is 15.9 Å². The minimum absolute atomic E-state index is 0.734. The molecule has 5 nitrogen and oxygen atoms in total. The number of anilines is 2. The molecule has 1 saturated heterocycles. The van der Waals surface area contributed by atoms with E-state index in [1.54, 1.807) is 7.11 Å². The molecule has 0 spiro atoms. The smallest absolute Gasteiger partial charge is 0.145 e. The molecule has 0 bridgehead atoms. The molecule has 94 valence electrons. The van der Waals surface area contributed by atoms with E-state index >= 15 is 0 Å². The molecule has 1 heterocycles. The molecule has 1 aliphatic heterocycles. The fraction of sp³-hybridized carbons (Fsp3) is 0.455. The Hall–Kier alpha value is -0.980. The summed E-state index contributed by atoms with van der Waals surface area (Å²) in [4.78, 5) is 2.26. The number of nitrogen functional groups attached to an aromatic ring is 1. The molecule has 0 aliphatic carbocycles. The first-order chi connectivity index (χ1) is 8.26. The third kappa shape index (κ3) is 2.65. The third-order valence-electron chi connectivity index (χ3n) is 2.78. The second kappa shape index (κ2) is 5.57. The molecule has 0 radical (unpaired) electrons. The number of ether oxygens (including phenoxy) is 2. The minimum Gasteiger partial charge on any atom is -0.494 e. The number of morpholine rings is 1. The molecule has 0 aromatic heterocycles. The summed E-state index contributed by atoms with van der Waals surface area (Å²) in [5.74, 6) is 6.17. The van der Waals surface area contributed by atoms with Crippen LogP contribution in [0.25, 0.3) is 0 Å². The SMILES string of the molecule is COc1cc(N2CCOCC2)c(Br)cc1NN. The number of nitrogens with one attached hydrogen (secondary N) is 1. The quantitative estimate of drug-likeness (QED) is 0.656. The van der Waals surface area contributed by atoms with Crippen molar-refractivity contribution in [3.05, 3.63) is 16.6 Å². The number of halogens is 1. The van der Waals surface area contributed by atoms with Gasteiger partial charge in [0.05, 0.1) is 31.7 Å². The molecule has 1 fully saturated rings. The largest absolute Gasteiger partial charge is 0.494 e. The van der Waals surface area contributed by atoms with Crippen LogP contribution in [0, 0.1) is 0 Å². The van der Waals surface area contributed by atoms with Gasteiger partial charge in [0, 0.05) is 23.6 Å². The topological polar surface area (TPSA) is 59.8 Å². The van der Waals surface area contributed by atoms with Gasteiger partial charge in [0.2, 0.25) is 0 Å². The minimum atomic E-state index is 0.734. The van der Waals surface area contributed by atoms with E-state index in [4.69, 9.17) is 15.3 Å². The van der Waals surface area contributed by atoms with Crippen molar-refractivity contribution >= 4 is 27.3 Å². The van der Waals surface area contributed by atoms with Gasteiger partial charge < -0.3 is 19.8 Å². The van der Waals surface area contributed by atoms with Gasteiger partial charge in [-0.15, -0.1) is 0 Å². The molecule has 3 N–H and O–H groups in total. The van der Waals surface area contributed by atoms with Crippen LogP contribution in [0.1, 0.15) is 0 Å². The number of hydrogen-bond donors (Lipinski definition) is 2. The highest BCUT2D eigenvalue weighted by molar-refractivity contribution is 9.10. The maximum atomic E-state index is 5.44. The Kier molecular flexibility index (Phi) is 4.09. The van der Waals surface area contributed by atoms with Gasteiger partial charge in [0.1, 0.15) is 5.75 Å². The summed E-state index contributed by atoms with van der Waals surface area (Å²) < 4.78 is 11.6. The Balaban J connectivity index is 2.32. The Bertz CT molecular complexity index is 395. The summed E-state index contributed by atoms with van der Waals surface area (Å²) in [7, 11) is 1.63. The molecule has 0 saturated carbocycles. The van der Waals surface area contributed by atoms with Crippen LogP contribution in [0.3, 0.4) is 0 Å². The molecule has 0 unspecified atom stereocenters. The number of rotatable bonds is 3. The van der Waals surface area contributed by atoms with Crippen LogP contribution in [0.15, 0.2) is 16.6 Å². The lowest BCUT2D eigenvalue weighted by Gasteiger charge is -2.30. The van der Waals surface area contributed by atoms with Crippen molar-refractivity contribution in [3.63, 3.8) is 0 Å². The number of nitrogens with two attached hydrogens (primary N) is 1. The first-order valence-electron chi connectivity index (χ1n) is 5.43. The van der Waals surface area contributed by atoms with Gasteiger partial charge in [-0.3, -0.25) is 5.84 Å². The van der Waals surface area contributed by atoms with E-state index in [1.807, 2.05) is 12.1 Å². The van der Waals surface area contributed by atoms with Crippen molar-refractivity contribution in [2.24, 2.45) is 5.84 Å². The van der Waals surface area contributed by atoms with Gasteiger partial charge in [-0.25, -0.2) is 0 Å². The van der Waals surface area contributed by atoms with Crippen LogP contribution < -0.4 is 20.9 Å². The molecule has 2 rings (SSSR count). The summed E-state index contributed by atoms with van der Waals surface area (Å²) in [6.07, 6.45) is 0. The monoisotopic (exact) mass is 301 g/mol. The molecule has 1 aromatic carbocycles. The van der Waals surface area contributed by atoms with E-state index in [2.05, 4.69) is 26.3 Å². The first kappa shape index (κ1) is 12.5.